The highest BCUT2D eigenvalue weighted by molar-refractivity contribution is 5.98. The van der Waals surface area contributed by atoms with Gasteiger partial charge in [0.1, 0.15) is 23.2 Å². The van der Waals surface area contributed by atoms with E-state index < -0.39 is 29.1 Å². The molecule has 140 valence electrons. The van der Waals surface area contributed by atoms with Crippen LogP contribution in [-0.4, -0.2) is 37.0 Å². The maximum absolute atomic E-state index is 13.7. The Hall–Kier alpha value is -1.73. The minimum absolute atomic E-state index is 0. The number of hydrogen-bond acceptors (Lipinski definition) is 3. The summed E-state index contributed by atoms with van der Waals surface area (Å²) in [4.78, 5) is 24.7. The summed E-state index contributed by atoms with van der Waals surface area (Å²) in [6, 6.07) is 2.40. The van der Waals surface area contributed by atoms with Crippen molar-refractivity contribution in [3.05, 3.63) is 35.4 Å². The fraction of sp³-hybridized carbons (Fsp3) is 0.529. The molecule has 25 heavy (non-hydrogen) atoms. The molecule has 3 N–H and O–H groups in total. The van der Waals surface area contributed by atoms with Crippen LogP contribution in [0.5, 0.6) is 0 Å². The minimum atomic E-state index is -0.950. The molecule has 1 aliphatic heterocycles. The van der Waals surface area contributed by atoms with Gasteiger partial charge in [0.25, 0.3) is 5.91 Å². The van der Waals surface area contributed by atoms with Crippen LogP contribution < -0.4 is 16.0 Å². The molecule has 1 unspecified atom stereocenters. The van der Waals surface area contributed by atoms with E-state index in [1.807, 2.05) is 0 Å². The number of hydrogen-bond donors (Lipinski definition) is 3. The quantitative estimate of drug-likeness (QED) is 0.737. The van der Waals surface area contributed by atoms with Crippen LogP contribution in [0.25, 0.3) is 0 Å². The standard InChI is InChI=1S/C17H23F2N3O2.ClH/c1-10(2)15(17(24)21-11-6-8-20-9-7-11)22-16(23)14-12(18)4-3-5-13(14)19;/h3-5,10-11,15,20H,6-9H2,1-2H3,(H,21,24)(H,22,23);1H. The highest BCUT2D eigenvalue weighted by Gasteiger charge is 2.28. The number of nitrogens with one attached hydrogen (secondary N) is 3. The zero-order valence-corrected chi connectivity index (χ0v) is 15.1. The summed E-state index contributed by atoms with van der Waals surface area (Å²) in [5.74, 6) is -3.38. The molecule has 1 fully saturated rings. The van der Waals surface area contributed by atoms with Crippen LogP contribution in [0.15, 0.2) is 18.2 Å². The van der Waals surface area contributed by atoms with Crippen molar-refractivity contribution in [2.24, 2.45) is 5.92 Å². The average Bonchev–Trinajstić information content (AvgIpc) is 2.53. The second-order valence-corrected chi connectivity index (χ2v) is 6.32. The van der Waals surface area contributed by atoms with Gasteiger partial charge in [-0.1, -0.05) is 19.9 Å². The molecule has 2 rings (SSSR count). The molecule has 0 radical (unpaired) electrons. The predicted molar refractivity (Wildman–Crippen MR) is 93.7 cm³/mol. The van der Waals surface area contributed by atoms with Gasteiger partial charge in [-0.25, -0.2) is 8.78 Å². The van der Waals surface area contributed by atoms with Crippen LogP contribution in [0.3, 0.4) is 0 Å². The fourth-order valence-corrected chi connectivity index (χ4v) is 2.72. The number of benzene rings is 1. The van der Waals surface area contributed by atoms with Crippen LogP contribution in [-0.2, 0) is 4.79 Å². The molecular weight excluding hydrogens is 352 g/mol. The number of amides is 2. The van der Waals surface area contributed by atoms with E-state index in [0.29, 0.717) is 0 Å². The molecule has 8 heteroatoms. The van der Waals surface area contributed by atoms with E-state index in [1.54, 1.807) is 13.8 Å². The largest absolute Gasteiger partial charge is 0.351 e. The lowest BCUT2D eigenvalue weighted by molar-refractivity contribution is -0.124. The molecule has 0 saturated carbocycles. The molecule has 1 aromatic carbocycles. The van der Waals surface area contributed by atoms with Crippen LogP contribution in [0.1, 0.15) is 37.0 Å². The Labute approximate surface area is 152 Å². The number of piperidine rings is 1. The lowest BCUT2D eigenvalue weighted by atomic mass is 10.0. The van der Waals surface area contributed by atoms with Crippen molar-refractivity contribution >= 4 is 24.2 Å². The summed E-state index contributed by atoms with van der Waals surface area (Å²) in [6.45, 7) is 5.18. The molecule has 1 heterocycles. The van der Waals surface area contributed by atoms with Gasteiger partial charge in [-0.15, -0.1) is 12.4 Å². The maximum Gasteiger partial charge on any atom is 0.257 e. The van der Waals surface area contributed by atoms with Gasteiger partial charge < -0.3 is 16.0 Å². The van der Waals surface area contributed by atoms with E-state index in [9.17, 15) is 18.4 Å². The van der Waals surface area contributed by atoms with E-state index in [2.05, 4.69) is 16.0 Å². The summed E-state index contributed by atoms with van der Waals surface area (Å²) in [5, 5.41) is 8.56. The van der Waals surface area contributed by atoms with Crippen molar-refractivity contribution < 1.29 is 18.4 Å². The summed E-state index contributed by atoms with van der Waals surface area (Å²) in [6.07, 6.45) is 1.62. The first-order chi connectivity index (χ1) is 11.4. The van der Waals surface area contributed by atoms with Gasteiger partial charge in [0.15, 0.2) is 0 Å². The SMILES string of the molecule is CC(C)C(NC(=O)c1c(F)cccc1F)C(=O)NC1CCNCC1.Cl. The Bertz CT molecular complexity index is 587. The van der Waals surface area contributed by atoms with E-state index >= 15 is 0 Å². The summed E-state index contributed by atoms with van der Waals surface area (Å²) in [7, 11) is 0. The monoisotopic (exact) mass is 375 g/mol. The van der Waals surface area contributed by atoms with Gasteiger partial charge in [0.05, 0.1) is 0 Å². The Morgan fingerprint density at radius 3 is 2.24 bits per heavy atom. The van der Waals surface area contributed by atoms with Crippen LogP contribution in [0.2, 0.25) is 0 Å². The first-order valence-corrected chi connectivity index (χ1v) is 8.16. The molecule has 0 aliphatic carbocycles. The molecule has 0 spiro atoms. The molecular formula is C17H24ClF2N3O2. The van der Waals surface area contributed by atoms with Crippen molar-refractivity contribution in [3.8, 4) is 0 Å². The van der Waals surface area contributed by atoms with Crippen molar-refractivity contribution in [3.63, 3.8) is 0 Å². The number of halogens is 3. The third-order valence-electron chi connectivity index (χ3n) is 4.11. The Kier molecular flexibility index (Phi) is 8.25. The van der Waals surface area contributed by atoms with Gasteiger partial charge in [-0.2, -0.15) is 0 Å². The third kappa shape index (κ3) is 5.64. The van der Waals surface area contributed by atoms with E-state index in [4.69, 9.17) is 0 Å². The van der Waals surface area contributed by atoms with E-state index in [1.165, 1.54) is 6.07 Å². The van der Waals surface area contributed by atoms with Crippen LogP contribution >= 0.6 is 12.4 Å². The van der Waals surface area contributed by atoms with Crippen molar-refractivity contribution in [2.45, 2.75) is 38.8 Å². The molecule has 5 nitrogen and oxygen atoms in total. The van der Waals surface area contributed by atoms with Gasteiger partial charge in [-0.05, 0) is 44.0 Å². The fourth-order valence-electron chi connectivity index (χ4n) is 2.72. The van der Waals surface area contributed by atoms with Gasteiger partial charge in [0, 0.05) is 6.04 Å². The van der Waals surface area contributed by atoms with E-state index in [0.717, 1.165) is 38.1 Å². The highest BCUT2D eigenvalue weighted by atomic mass is 35.5. The molecule has 1 saturated heterocycles. The summed E-state index contributed by atoms with van der Waals surface area (Å²) >= 11 is 0. The maximum atomic E-state index is 13.7. The topological polar surface area (TPSA) is 70.2 Å². The smallest absolute Gasteiger partial charge is 0.257 e. The van der Waals surface area contributed by atoms with Crippen LogP contribution in [0.4, 0.5) is 8.78 Å². The highest BCUT2D eigenvalue weighted by Crippen LogP contribution is 2.13. The third-order valence-corrected chi connectivity index (χ3v) is 4.11. The summed E-state index contributed by atoms with van der Waals surface area (Å²) < 4.78 is 27.4. The zero-order valence-electron chi connectivity index (χ0n) is 14.3. The number of carbonyl (C=O) groups is 2. The van der Waals surface area contributed by atoms with E-state index in [-0.39, 0.29) is 30.3 Å². The second kappa shape index (κ2) is 9.68. The van der Waals surface area contributed by atoms with Crippen LogP contribution in [0, 0.1) is 17.6 Å². The Morgan fingerprint density at radius 2 is 1.72 bits per heavy atom. The average molecular weight is 376 g/mol. The predicted octanol–water partition coefficient (Wildman–Crippen LogP) is 2.01. The molecule has 0 aromatic heterocycles. The Balaban J connectivity index is 0.00000312. The summed E-state index contributed by atoms with van der Waals surface area (Å²) in [5.41, 5.74) is -0.669. The molecule has 1 atom stereocenters. The van der Waals surface area contributed by atoms with Gasteiger partial charge in [0.2, 0.25) is 5.91 Å². The van der Waals surface area contributed by atoms with Crippen molar-refractivity contribution in [2.75, 3.05) is 13.1 Å². The van der Waals surface area contributed by atoms with Gasteiger partial charge in [-0.3, -0.25) is 9.59 Å². The number of rotatable bonds is 5. The first kappa shape index (κ1) is 21.3. The van der Waals surface area contributed by atoms with Crippen molar-refractivity contribution in [1.82, 2.24) is 16.0 Å². The first-order valence-electron chi connectivity index (χ1n) is 8.16. The normalized spacial score (nSPS) is 16.0. The van der Waals surface area contributed by atoms with Crippen molar-refractivity contribution in [1.29, 1.82) is 0 Å². The molecule has 1 aromatic rings. The lowest BCUT2D eigenvalue weighted by Crippen LogP contribution is -2.53. The molecule has 0 bridgehead atoms. The van der Waals surface area contributed by atoms with Gasteiger partial charge >= 0.3 is 0 Å². The number of carbonyl (C=O) groups excluding carboxylic acids is 2. The minimum Gasteiger partial charge on any atom is -0.351 e. The Morgan fingerprint density at radius 1 is 1.16 bits per heavy atom. The molecule has 2 amide bonds. The lowest BCUT2D eigenvalue weighted by Gasteiger charge is -2.28. The second-order valence-electron chi connectivity index (χ2n) is 6.32. The molecule has 1 aliphatic rings. The zero-order chi connectivity index (χ0) is 17.7.